The third-order valence-corrected chi connectivity index (χ3v) is 5.19. The van der Waals surface area contributed by atoms with Crippen molar-refractivity contribution in [3.8, 4) is 0 Å². The Labute approximate surface area is 169 Å². The van der Waals surface area contributed by atoms with Gasteiger partial charge in [-0.05, 0) is 12.5 Å². The highest BCUT2D eigenvalue weighted by Crippen LogP contribution is 2.41. The van der Waals surface area contributed by atoms with Crippen LogP contribution in [0.2, 0.25) is 0 Å². The lowest BCUT2D eigenvalue weighted by Gasteiger charge is -2.21. The number of anilines is 2. The number of aryl methyl sites for hydroxylation is 1. The van der Waals surface area contributed by atoms with Crippen LogP contribution in [-0.4, -0.2) is 38.2 Å². The first-order valence-electron chi connectivity index (χ1n) is 9.75. The molecular weight excluding hydrogens is 370 g/mol. The van der Waals surface area contributed by atoms with Crippen molar-refractivity contribution >= 4 is 28.8 Å². The minimum atomic E-state index is -0.288. The van der Waals surface area contributed by atoms with E-state index < -0.39 is 0 Å². The highest BCUT2D eigenvalue weighted by Gasteiger charge is 2.34. The van der Waals surface area contributed by atoms with E-state index in [0.717, 1.165) is 41.1 Å². The van der Waals surface area contributed by atoms with Gasteiger partial charge in [-0.2, -0.15) is 10.2 Å². The van der Waals surface area contributed by atoms with Gasteiger partial charge in [0.15, 0.2) is 11.5 Å². The van der Waals surface area contributed by atoms with Crippen LogP contribution in [0.3, 0.4) is 0 Å². The smallest absolute Gasteiger partial charge is 0.163 e. The zero-order valence-corrected chi connectivity index (χ0v) is 16.8. The number of hydrogen-bond acceptors (Lipinski definition) is 8. The van der Waals surface area contributed by atoms with E-state index in [1.807, 2.05) is 44.6 Å². The molecule has 0 saturated carbocycles. The molecule has 9 nitrogen and oxygen atoms in total. The first-order valence-corrected chi connectivity index (χ1v) is 9.75. The maximum atomic E-state index is 10.1. The second-order valence-corrected chi connectivity index (χ2v) is 7.15. The number of fused-ring (bicyclic) bond motifs is 2. The highest BCUT2D eigenvalue weighted by molar-refractivity contribution is 5.86. The largest absolute Gasteiger partial charge is 0.264 e. The van der Waals surface area contributed by atoms with E-state index in [-0.39, 0.29) is 12.0 Å². The van der Waals surface area contributed by atoms with Crippen LogP contribution >= 0.6 is 0 Å². The van der Waals surface area contributed by atoms with Crippen molar-refractivity contribution in [2.24, 2.45) is 18.1 Å². The van der Waals surface area contributed by atoms with Crippen molar-refractivity contribution in [2.45, 2.75) is 32.3 Å². The van der Waals surface area contributed by atoms with Crippen LogP contribution in [0.25, 0.3) is 11.0 Å². The van der Waals surface area contributed by atoms with E-state index >= 15 is 0 Å². The fourth-order valence-corrected chi connectivity index (χ4v) is 3.62. The molecule has 0 radical (unpaired) electrons. The number of aromatic nitrogens is 4. The Morgan fingerprint density at radius 2 is 2.17 bits per heavy atom. The molecule has 2 unspecified atom stereocenters. The van der Waals surface area contributed by atoms with Gasteiger partial charge >= 0.3 is 0 Å². The predicted molar refractivity (Wildman–Crippen MR) is 111 cm³/mol. The van der Waals surface area contributed by atoms with Gasteiger partial charge in [-0.3, -0.25) is 14.9 Å². The zero-order valence-electron chi connectivity index (χ0n) is 16.8. The lowest BCUT2D eigenvalue weighted by molar-refractivity contribution is -0.0787. The number of rotatable bonds is 7. The molecule has 1 aliphatic heterocycles. The maximum absolute atomic E-state index is 10.1. The minimum absolute atomic E-state index is 0.00178. The van der Waals surface area contributed by atoms with Gasteiger partial charge in [0.25, 0.3) is 0 Å². The van der Waals surface area contributed by atoms with Gasteiger partial charge in [-0.25, -0.2) is 14.8 Å². The van der Waals surface area contributed by atoms with Crippen molar-refractivity contribution in [3.05, 3.63) is 42.4 Å². The molecule has 3 heterocycles. The summed E-state index contributed by atoms with van der Waals surface area (Å²) in [6.07, 6.45) is 7.86. The standard InChI is InChI=1S/C20H25N7O2/c1-4-5-8-14(18-15-9-6-7-10-17(15)27(28)29-18)11-23-25(2)19-16-12-24-26(3)20(16)22-13-21-19/h6-7,9-14,18,28H,4-5,8H2,1-3H3/b23-11+. The Morgan fingerprint density at radius 1 is 1.34 bits per heavy atom. The molecule has 1 aliphatic rings. The van der Waals surface area contributed by atoms with Crippen LogP contribution in [0.5, 0.6) is 0 Å². The summed E-state index contributed by atoms with van der Waals surface area (Å²) in [4.78, 5) is 14.4. The summed E-state index contributed by atoms with van der Waals surface area (Å²) < 4.78 is 1.71. The maximum Gasteiger partial charge on any atom is 0.163 e. The normalized spacial score (nSPS) is 17.2. The molecule has 0 saturated heterocycles. The monoisotopic (exact) mass is 395 g/mol. The van der Waals surface area contributed by atoms with Gasteiger partial charge in [0.2, 0.25) is 0 Å². The Bertz CT molecular complexity index is 1020. The zero-order chi connectivity index (χ0) is 20.4. The molecule has 4 rings (SSSR count). The summed E-state index contributed by atoms with van der Waals surface area (Å²) in [5.41, 5.74) is 2.39. The van der Waals surface area contributed by atoms with Gasteiger partial charge in [0, 0.05) is 31.8 Å². The molecule has 29 heavy (non-hydrogen) atoms. The van der Waals surface area contributed by atoms with E-state index in [4.69, 9.17) is 4.84 Å². The number of benzene rings is 1. The quantitative estimate of drug-likeness (QED) is 0.484. The molecule has 2 atom stereocenters. The van der Waals surface area contributed by atoms with Crippen LogP contribution in [-0.2, 0) is 11.9 Å². The van der Waals surface area contributed by atoms with Crippen LogP contribution in [0, 0.1) is 5.92 Å². The summed E-state index contributed by atoms with van der Waals surface area (Å²) >= 11 is 0. The van der Waals surface area contributed by atoms with E-state index in [9.17, 15) is 5.21 Å². The summed E-state index contributed by atoms with van der Waals surface area (Å²) in [5, 5.41) is 22.5. The molecule has 0 bridgehead atoms. The molecule has 0 aliphatic carbocycles. The lowest BCUT2D eigenvalue weighted by Crippen LogP contribution is -2.21. The summed E-state index contributed by atoms with van der Waals surface area (Å²) in [5.74, 6) is 0.687. The summed E-state index contributed by atoms with van der Waals surface area (Å²) in [6, 6.07) is 7.66. The molecule has 0 amide bonds. The predicted octanol–water partition coefficient (Wildman–Crippen LogP) is 3.47. The number of nitrogens with zero attached hydrogens (tertiary/aromatic N) is 7. The fraction of sp³-hybridized carbons (Fsp3) is 0.400. The summed E-state index contributed by atoms with van der Waals surface area (Å²) in [7, 11) is 3.70. The molecule has 1 N–H and O–H groups in total. The molecule has 0 spiro atoms. The number of para-hydroxylation sites is 1. The van der Waals surface area contributed by atoms with E-state index in [1.165, 1.54) is 6.33 Å². The molecule has 2 aromatic heterocycles. The van der Waals surface area contributed by atoms with Crippen LogP contribution < -0.4 is 10.2 Å². The van der Waals surface area contributed by atoms with Gasteiger partial charge in [-0.1, -0.05) is 38.0 Å². The molecular formula is C20H25N7O2. The average Bonchev–Trinajstić information content (AvgIpc) is 3.28. The van der Waals surface area contributed by atoms with Crippen molar-refractivity contribution < 1.29 is 10.0 Å². The number of hydrogen-bond donors (Lipinski definition) is 1. The molecule has 9 heteroatoms. The summed E-state index contributed by atoms with van der Waals surface area (Å²) in [6.45, 7) is 2.15. The Kier molecular flexibility index (Phi) is 5.41. The first-order chi connectivity index (χ1) is 14.1. The third kappa shape index (κ3) is 3.66. The van der Waals surface area contributed by atoms with Crippen LogP contribution in [0.15, 0.2) is 41.9 Å². The van der Waals surface area contributed by atoms with Gasteiger partial charge in [0.1, 0.15) is 18.1 Å². The molecule has 0 fully saturated rings. The molecule has 152 valence electrons. The van der Waals surface area contributed by atoms with Crippen molar-refractivity contribution in [1.82, 2.24) is 19.7 Å². The Morgan fingerprint density at radius 3 is 3.00 bits per heavy atom. The molecule has 1 aromatic carbocycles. The van der Waals surface area contributed by atoms with E-state index in [0.29, 0.717) is 11.5 Å². The van der Waals surface area contributed by atoms with Gasteiger partial charge < -0.3 is 0 Å². The minimum Gasteiger partial charge on any atom is -0.264 e. The second-order valence-electron chi connectivity index (χ2n) is 7.15. The SMILES string of the molecule is CCCCC(/C=N/N(C)c1ncnc2c1cnn2C)C1ON(O)c2ccccc21. The number of unbranched alkanes of at least 4 members (excludes halogenated alkanes) is 1. The molecule has 3 aromatic rings. The van der Waals surface area contributed by atoms with Crippen molar-refractivity contribution in [2.75, 3.05) is 17.3 Å². The Hall–Kier alpha value is -3.04. The lowest BCUT2D eigenvalue weighted by atomic mass is 9.92. The fourth-order valence-electron chi connectivity index (χ4n) is 3.62. The first kappa shape index (κ1) is 19.3. The van der Waals surface area contributed by atoms with Crippen LogP contribution in [0.4, 0.5) is 11.5 Å². The van der Waals surface area contributed by atoms with E-state index in [1.54, 1.807) is 15.9 Å². The van der Waals surface area contributed by atoms with Gasteiger partial charge in [0.05, 0.1) is 11.6 Å². The average molecular weight is 395 g/mol. The number of hydrazone groups is 1. The topological polar surface area (TPSA) is 91.9 Å². The van der Waals surface area contributed by atoms with Crippen molar-refractivity contribution in [3.63, 3.8) is 0 Å². The van der Waals surface area contributed by atoms with Crippen LogP contribution in [0.1, 0.15) is 37.9 Å². The van der Waals surface area contributed by atoms with Crippen molar-refractivity contribution in [1.29, 1.82) is 0 Å². The highest BCUT2D eigenvalue weighted by atomic mass is 16.9. The van der Waals surface area contributed by atoms with E-state index in [2.05, 4.69) is 27.1 Å². The third-order valence-electron chi connectivity index (χ3n) is 5.19. The van der Waals surface area contributed by atoms with Gasteiger partial charge in [-0.15, -0.1) is 5.23 Å². The Balaban J connectivity index is 1.60. The second kappa shape index (κ2) is 8.14.